The van der Waals surface area contributed by atoms with Gasteiger partial charge in [0, 0.05) is 13.0 Å². The molecule has 2 aromatic rings. The molecule has 0 saturated heterocycles. The number of imidazole rings is 1. The number of halogens is 1. The standard InChI is InChI=1S/C15H19FN2O2/c1-4-18-12-7-10(16)5-6-11(12)17-13(18)8-15(2,3)9-14(19)20/h5-7H,4,8-9H2,1-3H3,(H,19,20). The van der Waals surface area contributed by atoms with Crippen molar-refractivity contribution < 1.29 is 14.3 Å². The molecular formula is C15H19FN2O2. The lowest BCUT2D eigenvalue weighted by atomic mass is 9.85. The summed E-state index contributed by atoms with van der Waals surface area (Å²) in [5.41, 5.74) is 1.11. The third-order valence-electron chi connectivity index (χ3n) is 3.37. The first-order chi connectivity index (χ1) is 9.32. The summed E-state index contributed by atoms with van der Waals surface area (Å²) >= 11 is 0. The van der Waals surface area contributed by atoms with Crippen molar-refractivity contribution in [2.45, 2.75) is 40.2 Å². The molecular weight excluding hydrogens is 259 g/mol. The van der Waals surface area contributed by atoms with Crippen LogP contribution in [0.15, 0.2) is 18.2 Å². The normalized spacial score (nSPS) is 12.0. The van der Waals surface area contributed by atoms with Gasteiger partial charge in [0.25, 0.3) is 0 Å². The molecule has 0 saturated carbocycles. The maximum absolute atomic E-state index is 13.4. The number of carboxylic acid groups (broad SMARTS) is 1. The number of aliphatic carboxylic acids is 1. The van der Waals surface area contributed by atoms with Crippen LogP contribution in [-0.4, -0.2) is 20.6 Å². The number of hydrogen-bond donors (Lipinski definition) is 1. The number of carboxylic acids is 1. The Hall–Kier alpha value is -1.91. The zero-order valence-corrected chi connectivity index (χ0v) is 12.0. The van der Waals surface area contributed by atoms with Crippen molar-refractivity contribution in [1.29, 1.82) is 0 Å². The van der Waals surface area contributed by atoms with Crippen LogP contribution in [0.3, 0.4) is 0 Å². The minimum absolute atomic E-state index is 0.0777. The third-order valence-corrected chi connectivity index (χ3v) is 3.37. The van der Waals surface area contributed by atoms with E-state index < -0.39 is 11.4 Å². The quantitative estimate of drug-likeness (QED) is 0.913. The van der Waals surface area contributed by atoms with Gasteiger partial charge in [0.1, 0.15) is 11.6 Å². The highest BCUT2D eigenvalue weighted by atomic mass is 19.1. The van der Waals surface area contributed by atoms with Gasteiger partial charge in [-0.2, -0.15) is 0 Å². The van der Waals surface area contributed by atoms with Gasteiger partial charge < -0.3 is 9.67 Å². The molecule has 0 bridgehead atoms. The molecule has 2 rings (SSSR count). The molecule has 0 aliphatic heterocycles. The van der Waals surface area contributed by atoms with E-state index in [9.17, 15) is 9.18 Å². The second-order valence-electron chi connectivity index (χ2n) is 5.82. The van der Waals surface area contributed by atoms with E-state index in [1.807, 2.05) is 25.3 Å². The molecule has 0 aliphatic carbocycles. The van der Waals surface area contributed by atoms with Crippen molar-refractivity contribution in [3.63, 3.8) is 0 Å². The first-order valence-electron chi connectivity index (χ1n) is 6.69. The van der Waals surface area contributed by atoms with E-state index in [1.54, 1.807) is 6.07 Å². The van der Waals surface area contributed by atoms with Crippen molar-refractivity contribution in [2.75, 3.05) is 0 Å². The van der Waals surface area contributed by atoms with Crippen molar-refractivity contribution in [1.82, 2.24) is 9.55 Å². The van der Waals surface area contributed by atoms with Gasteiger partial charge in [0.2, 0.25) is 0 Å². The van der Waals surface area contributed by atoms with Gasteiger partial charge in [-0.1, -0.05) is 13.8 Å². The highest BCUT2D eigenvalue weighted by Gasteiger charge is 2.25. The molecule has 5 heteroatoms. The molecule has 0 atom stereocenters. The fourth-order valence-corrected chi connectivity index (χ4v) is 2.53. The second kappa shape index (κ2) is 5.23. The summed E-state index contributed by atoms with van der Waals surface area (Å²) in [5, 5.41) is 8.95. The van der Waals surface area contributed by atoms with Gasteiger partial charge in [0.15, 0.2) is 0 Å². The monoisotopic (exact) mass is 278 g/mol. The predicted octanol–water partition coefficient (Wildman–Crippen LogP) is 3.24. The summed E-state index contributed by atoms with van der Waals surface area (Å²) < 4.78 is 15.3. The van der Waals surface area contributed by atoms with E-state index in [0.717, 1.165) is 16.9 Å². The number of nitrogens with zero attached hydrogens (tertiary/aromatic N) is 2. The number of aryl methyl sites for hydroxylation is 1. The molecule has 1 aromatic carbocycles. The minimum atomic E-state index is -0.819. The molecule has 108 valence electrons. The van der Waals surface area contributed by atoms with E-state index in [-0.39, 0.29) is 12.2 Å². The molecule has 0 spiro atoms. The summed E-state index contributed by atoms with van der Waals surface area (Å²) in [6.45, 7) is 6.46. The van der Waals surface area contributed by atoms with Crippen LogP contribution in [0.4, 0.5) is 4.39 Å². The van der Waals surface area contributed by atoms with Gasteiger partial charge in [-0.3, -0.25) is 4.79 Å². The van der Waals surface area contributed by atoms with E-state index >= 15 is 0 Å². The van der Waals surface area contributed by atoms with Gasteiger partial charge in [-0.15, -0.1) is 0 Å². The van der Waals surface area contributed by atoms with Crippen LogP contribution < -0.4 is 0 Å². The summed E-state index contributed by atoms with van der Waals surface area (Å²) in [7, 11) is 0. The fourth-order valence-electron chi connectivity index (χ4n) is 2.53. The lowest BCUT2D eigenvalue weighted by molar-refractivity contribution is -0.139. The first kappa shape index (κ1) is 14.5. The molecule has 1 heterocycles. The Morgan fingerprint density at radius 1 is 1.45 bits per heavy atom. The molecule has 1 N–H and O–H groups in total. The predicted molar refractivity (Wildman–Crippen MR) is 75.1 cm³/mol. The van der Waals surface area contributed by atoms with Crippen molar-refractivity contribution in [3.05, 3.63) is 29.8 Å². The molecule has 1 aromatic heterocycles. The molecule has 0 unspecified atom stereocenters. The molecule has 0 fully saturated rings. The van der Waals surface area contributed by atoms with Crippen LogP contribution in [0, 0.1) is 11.2 Å². The van der Waals surface area contributed by atoms with Gasteiger partial charge >= 0.3 is 5.97 Å². The number of rotatable bonds is 5. The largest absolute Gasteiger partial charge is 0.481 e. The molecule has 0 radical (unpaired) electrons. The highest BCUT2D eigenvalue weighted by Crippen LogP contribution is 2.28. The Labute approximate surface area is 117 Å². The van der Waals surface area contributed by atoms with Crippen molar-refractivity contribution in [2.24, 2.45) is 5.41 Å². The lowest BCUT2D eigenvalue weighted by Gasteiger charge is -2.22. The van der Waals surface area contributed by atoms with Crippen molar-refractivity contribution in [3.8, 4) is 0 Å². The van der Waals surface area contributed by atoms with Crippen molar-refractivity contribution >= 4 is 17.0 Å². The Bertz CT molecular complexity index is 647. The van der Waals surface area contributed by atoms with Gasteiger partial charge in [0.05, 0.1) is 17.5 Å². The molecule has 4 nitrogen and oxygen atoms in total. The Morgan fingerprint density at radius 2 is 2.15 bits per heavy atom. The summed E-state index contributed by atoms with van der Waals surface area (Å²) in [5.74, 6) is -0.303. The topological polar surface area (TPSA) is 55.1 Å². The maximum Gasteiger partial charge on any atom is 0.303 e. The van der Waals surface area contributed by atoms with E-state index in [0.29, 0.717) is 13.0 Å². The average Bonchev–Trinajstić information content (AvgIpc) is 2.62. The Kier molecular flexibility index (Phi) is 3.79. The molecule has 0 aliphatic rings. The Balaban J connectivity index is 2.41. The maximum atomic E-state index is 13.4. The smallest absolute Gasteiger partial charge is 0.303 e. The summed E-state index contributed by atoms with van der Waals surface area (Å²) in [6.07, 6.45) is 0.623. The number of fused-ring (bicyclic) bond motifs is 1. The van der Waals surface area contributed by atoms with E-state index in [4.69, 9.17) is 5.11 Å². The van der Waals surface area contributed by atoms with Gasteiger partial charge in [-0.25, -0.2) is 9.37 Å². The summed E-state index contributed by atoms with van der Waals surface area (Å²) in [6, 6.07) is 4.52. The zero-order chi connectivity index (χ0) is 14.9. The number of benzene rings is 1. The third kappa shape index (κ3) is 2.98. The van der Waals surface area contributed by atoms with Crippen LogP contribution >= 0.6 is 0 Å². The van der Waals surface area contributed by atoms with Crippen LogP contribution in [-0.2, 0) is 17.8 Å². The van der Waals surface area contributed by atoms with E-state index in [1.165, 1.54) is 12.1 Å². The van der Waals surface area contributed by atoms with Crippen LogP contribution in [0.5, 0.6) is 0 Å². The summed E-state index contributed by atoms with van der Waals surface area (Å²) in [4.78, 5) is 15.4. The molecule has 0 amide bonds. The highest BCUT2D eigenvalue weighted by molar-refractivity contribution is 5.76. The number of carbonyl (C=O) groups is 1. The van der Waals surface area contributed by atoms with Crippen LogP contribution in [0.25, 0.3) is 11.0 Å². The van der Waals surface area contributed by atoms with E-state index in [2.05, 4.69) is 4.98 Å². The fraction of sp³-hybridized carbons (Fsp3) is 0.467. The first-order valence-corrected chi connectivity index (χ1v) is 6.69. The Morgan fingerprint density at radius 3 is 2.75 bits per heavy atom. The number of aromatic nitrogens is 2. The lowest BCUT2D eigenvalue weighted by Crippen LogP contribution is -2.21. The van der Waals surface area contributed by atoms with Crippen LogP contribution in [0.1, 0.15) is 33.0 Å². The average molecular weight is 278 g/mol. The second-order valence-corrected chi connectivity index (χ2v) is 5.82. The SMILES string of the molecule is CCn1c(CC(C)(C)CC(=O)O)nc2ccc(F)cc21. The minimum Gasteiger partial charge on any atom is -0.481 e. The van der Waals surface area contributed by atoms with Gasteiger partial charge in [-0.05, 0) is 30.5 Å². The number of hydrogen-bond acceptors (Lipinski definition) is 2. The zero-order valence-electron chi connectivity index (χ0n) is 12.0. The van der Waals surface area contributed by atoms with Crippen LogP contribution in [0.2, 0.25) is 0 Å². The molecule has 20 heavy (non-hydrogen) atoms.